The Morgan fingerprint density at radius 2 is 0.923 bits per heavy atom. The van der Waals surface area contributed by atoms with Crippen LogP contribution in [0.2, 0.25) is 0 Å². The van der Waals surface area contributed by atoms with Crippen molar-refractivity contribution >= 4 is 24.0 Å². The van der Waals surface area contributed by atoms with Crippen LogP contribution in [0.15, 0.2) is 0 Å². The molecule has 0 aliphatic rings. The number of carboxylic acid groups (broad SMARTS) is 3. The molecule has 4 N–H and O–H groups in total. The van der Waals surface area contributed by atoms with Gasteiger partial charge in [0, 0.05) is 24.8 Å². The van der Waals surface area contributed by atoms with Crippen LogP contribution in [0.1, 0.15) is 155 Å². The molecule has 228 valence electrons. The second-order valence-electron chi connectivity index (χ2n) is 10.9. The quantitative estimate of drug-likeness (QED) is 0.0750. The van der Waals surface area contributed by atoms with Gasteiger partial charge in [0.15, 0.2) is 0 Å². The number of unbranched alkanes of at least 4 members (excludes halogenated alkanes) is 12. The fraction of sp³-hybridized carbons (Fsp3) is 0.867. The van der Waals surface area contributed by atoms with E-state index in [2.05, 4.69) is 19.2 Å². The van der Waals surface area contributed by atoms with Crippen LogP contribution in [-0.4, -0.2) is 51.0 Å². The molecule has 0 aromatic carbocycles. The van der Waals surface area contributed by atoms with E-state index in [-0.39, 0.29) is 44.6 Å². The average molecular weight is 558 g/mol. The molecule has 0 spiro atoms. The molecule has 0 fully saturated rings. The molecule has 0 atom stereocenters. The topological polar surface area (TPSA) is 150 Å². The molecule has 0 aromatic heterocycles. The van der Waals surface area contributed by atoms with Crippen LogP contribution in [0, 0.1) is 0 Å². The van der Waals surface area contributed by atoms with Gasteiger partial charge in [0.25, 0.3) is 0 Å². The summed E-state index contributed by atoms with van der Waals surface area (Å²) in [7, 11) is 0. The number of carbonyl (C=O) groups excluding carboxylic acids is 1. The minimum absolute atomic E-state index is 0.0713. The number of hydrogen-bond acceptors (Lipinski definition) is 5. The van der Waals surface area contributed by atoms with Gasteiger partial charge >= 0.3 is 24.0 Å². The summed E-state index contributed by atoms with van der Waals surface area (Å²) in [6.07, 6.45) is 15.4. The standard InChI is InChI=1S/C30H55NO8/c1-3-5-7-9-11-13-15-17-25(18-16-14-12-10-8-6-4-2)39-29(38)31-30(22-19-26(32)33,23-20-27(34)35)24-21-28(36)37/h25H,3-24H2,1-2H3,(H,31,38)(H,32,33)(H,34,35)(H,36,37). The number of nitrogens with one attached hydrogen (secondary N) is 1. The minimum atomic E-state index is -1.28. The summed E-state index contributed by atoms with van der Waals surface area (Å²) in [6, 6.07) is 0. The second kappa shape index (κ2) is 23.6. The van der Waals surface area contributed by atoms with Crippen molar-refractivity contribution in [2.75, 3.05) is 0 Å². The smallest absolute Gasteiger partial charge is 0.407 e. The first kappa shape index (κ1) is 36.7. The third-order valence-corrected chi connectivity index (χ3v) is 7.35. The highest BCUT2D eigenvalue weighted by Crippen LogP contribution is 2.27. The zero-order valence-electron chi connectivity index (χ0n) is 24.5. The van der Waals surface area contributed by atoms with Gasteiger partial charge in [-0.3, -0.25) is 14.4 Å². The monoisotopic (exact) mass is 557 g/mol. The maximum atomic E-state index is 13.0. The zero-order chi connectivity index (χ0) is 29.4. The number of carboxylic acids is 3. The average Bonchev–Trinajstić information content (AvgIpc) is 2.88. The van der Waals surface area contributed by atoms with E-state index >= 15 is 0 Å². The molecule has 0 aliphatic heterocycles. The number of ether oxygens (including phenoxy) is 1. The molecule has 39 heavy (non-hydrogen) atoms. The van der Waals surface area contributed by atoms with Gasteiger partial charge in [-0.05, 0) is 44.9 Å². The minimum Gasteiger partial charge on any atom is -0.481 e. The Morgan fingerprint density at radius 3 is 1.26 bits per heavy atom. The summed E-state index contributed by atoms with van der Waals surface area (Å²) in [5, 5.41) is 30.4. The molecular weight excluding hydrogens is 502 g/mol. The number of rotatable bonds is 27. The van der Waals surface area contributed by atoms with Crippen LogP contribution < -0.4 is 5.32 Å². The van der Waals surface area contributed by atoms with Crippen LogP contribution in [-0.2, 0) is 19.1 Å². The summed E-state index contributed by atoms with van der Waals surface area (Å²) >= 11 is 0. The Kier molecular flexibility index (Phi) is 22.2. The number of hydrogen-bond donors (Lipinski definition) is 4. The normalized spacial score (nSPS) is 11.5. The molecule has 0 aliphatic carbocycles. The van der Waals surface area contributed by atoms with Crippen molar-refractivity contribution in [1.29, 1.82) is 0 Å². The Labute approximate surface area is 235 Å². The van der Waals surface area contributed by atoms with Crippen LogP contribution >= 0.6 is 0 Å². The SMILES string of the molecule is CCCCCCCCCC(CCCCCCCCC)OC(=O)NC(CCC(=O)O)(CCC(=O)O)CCC(=O)O. The van der Waals surface area contributed by atoms with Crippen molar-refractivity contribution in [3.63, 3.8) is 0 Å². The maximum Gasteiger partial charge on any atom is 0.407 e. The fourth-order valence-corrected chi connectivity index (χ4v) is 4.92. The lowest BCUT2D eigenvalue weighted by Crippen LogP contribution is -2.50. The van der Waals surface area contributed by atoms with E-state index in [4.69, 9.17) is 4.74 Å². The molecule has 1 amide bonds. The third-order valence-electron chi connectivity index (χ3n) is 7.35. The van der Waals surface area contributed by atoms with E-state index in [1.807, 2.05) is 0 Å². The van der Waals surface area contributed by atoms with E-state index in [0.29, 0.717) is 0 Å². The molecule has 0 bridgehead atoms. The fourth-order valence-electron chi connectivity index (χ4n) is 4.92. The van der Waals surface area contributed by atoms with Gasteiger partial charge in [0.1, 0.15) is 6.10 Å². The molecule has 0 radical (unpaired) electrons. The van der Waals surface area contributed by atoms with E-state index in [0.717, 1.165) is 51.4 Å². The molecule has 9 nitrogen and oxygen atoms in total. The largest absolute Gasteiger partial charge is 0.481 e. The van der Waals surface area contributed by atoms with Crippen LogP contribution in [0.4, 0.5) is 4.79 Å². The van der Waals surface area contributed by atoms with Crippen molar-refractivity contribution in [3.8, 4) is 0 Å². The molecule has 0 rings (SSSR count). The summed E-state index contributed by atoms with van der Waals surface area (Å²) in [6.45, 7) is 4.38. The van der Waals surface area contributed by atoms with E-state index in [9.17, 15) is 34.5 Å². The van der Waals surface area contributed by atoms with Crippen molar-refractivity contribution < 1.29 is 39.2 Å². The lowest BCUT2D eigenvalue weighted by molar-refractivity contribution is -0.137. The lowest BCUT2D eigenvalue weighted by Gasteiger charge is -2.34. The molecule has 0 saturated heterocycles. The molecular formula is C30H55NO8. The third kappa shape index (κ3) is 22.2. The first-order valence-corrected chi connectivity index (χ1v) is 15.3. The summed E-state index contributed by atoms with van der Waals surface area (Å²) < 4.78 is 5.82. The zero-order valence-corrected chi connectivity index (χ0v) is 24.5. The van der Waals surface area contributed by atoms with Crippen molar-refractivity contribution in [2.45, 2.75) is 167 Å². The highest BCUT2D eigenvalue weighted by Gasteiger charge is 2.34. The van der Waals surface area contributed by atoms with Crippen molar-refractivity contribution in [3.05, 3.63) is 0 Å². The molecule has 0 unspecified atom stereocenters. The van der Waals surface area contributed by atoms with Crippen LogP contribution in [0.5, 0.6) is 0 Å². The van der Waals surface area contributed by atoms with E-state index in [1.54, 1.807) is 0 Å². The maximum absolute atomic E-state index is 13.0. The van der Waals surface area contributed by atoms with Gasteiger partial charge in [-0.15, -0.1) is 0 Å². The summed E-state index contributed by atoms with van der Waals surface area (Å²) in [5.41, 5.74) is -1.28. The first-order chi connectivity index (χ1) is 18.6. The van der Waals surface area contributed by atoms with Gasteiger partial charge in [0.2, 0.25) is 0 Å². The number of carbonyl (C=O) groups is 4. The number of amides is 1. The molecule has 9 heteroatoms. The van der Waals surface area contributed by atoms with Gasteiger partial charge in [-0.1, -0.05) is 90.9 Å². The Hall–Kier alpha value is -2.32. The lowest BCUT2D eigenvalue weighted by atomic mass is 9.83. The Balaban J connectivity index is 5.22. The van der Waals surface area contributed by atoms with Gasteiger partial charge in [-0.2, -0.15) is 0 Å². The summed E-state index contributed by atoms with van der Waals surface area (Å²) in [5.74, 6) is -3.30. The van der Waals surface area contributed by atoms with Gasteiger partial charge in [-0.25, -0.2) is 4.79 Å². The Morgan fingerprint density at radius 1 is 0.590 bits per heavy atom. The van der Waals surface area contributed by atoms with Gasteiger partial charge in [0.05, 0.1) is 0 Å². The summed E-state index contributed by atoms with van der Waals surface area (Å²) in [4.78, 5) is 46.8. The highest BCUT2D eigenvalue weighted by molar-refractivity contribution is 5.71. The van der Waals surface area contributed by atoms with Crippen molar-refractivity contribution in [1.82, 2.24) is 5.32 Å². The number of alkyl carbamates (subject to hydrolysis) is 1. The molecule has 0 aromatic rings. The van der Waals surface area contributed by atoms with Crippen molar-refractivity contribution in [2.24, 2.45) is 0 Å². The van der Waals surface area contributed by atoms with Crippen LogP contribution in [0.25, 0.3) is 0 Å². The highest BCUT2D eigenvalue weighted by atomic mass is 16.6. The van der Waals surface area contributed by atoms with Crippen LogP contribution in [0.3, 0.4) is 0 Å². The van der Waals surface area contributed by atoms with E-state index in [1.165, 1.54) is 51.4 Å². The first-order valence-electron chi connectivity index (χ1n) is 15.3. The second-order valence-corrected chi connectivity index (χ2v) is 10.9. The van der Waals surface area contributed by atoms with E-state index < -0.39 is 29.5 Å². The predicted octanol–water partition coefficient (Wildman–Crippen LogP) is 7.70. The number of aliphatic carboxylic acids is 3. The Bertz CT molecular complexity index is 618. The molecule has 0 saturated carbocycles. The van der Waals surface area contributed by atoms with Gasteiger partial charge < -0.3 is 25.4 Å². The molecule has 0 heterocycles. The predicted molar refractivity (Wildman–Crippen MR) is 152 cm³/mol.